The van der Waals surface area contributed by atoms with Crippen LogP contribution >= 0.6 is 0 Å². The zero-order chi connectivity index (χ0) is 17.9. The molecule has 0 radical (unpaired) electrons. The van der Waals surface area contributed by atoms with Crippen molar-refractivity contribution in [2.24, 2.45) is 0 Å². The van der Waals surface area contributed by atoms with E-state index in [1.54, 1.807) is 34.9 Å². The maximum absolute atomic E-state index is 12.7. The molecule has 0 fully saturated rings. The molecular formula is C19H12N6O. The minimum absolute atomic E-state index is 0.256. The summed E-state index contributed by atoms with van der Waals surface area (Å²) >= 11 is 0. The molecule has 4 aromatic rings. The molecule has 3 heterocycles. The Morgan fingerprint density at radius 3 is 2.77 bits per heavy atom. The summed E-state index contributed by atoms with van der Waals surface area (Å²) in [6, 6.07) is 16.4. The van der Waals surface area contributed by atoms with Gasteiger partial charge in [0, 0.05) is 18.0 Å². The predicted octanol–water partition coefficient (Wildman–Crippen LogP) is 2.92. The van der Waals surface area contributed by atoms with Gasteiger partial charge in [-0.2, -0.15) is 5.26 Å². The maximum atomic E-state index is 12.7. The summed E-state index contributed by atoms with van der Waals surface area (Å²) in [7, 11) is 0. The summed E-state index contributed by atoms with van der Waals surface area (Å²) in [5.74, 6) is 0.541. The first kappa shape index (κ1) is 15.5. The minimum Gasteiger partial charge on any atom is -0.305 e. The van der Waals surface area contributed by atoms with Gasteiger partial charge in [0.15, 0.2) is 5.69 Å². The van der Waals surface area contributed by atoms with Crippen LogP contribution in [0.5, 0.6) is 0 Å². The number of nitrogens with zero attached hydrogens (tertiary/aromatic N) is 5. The molecule has 0 bridgehead atoms. The van der Waals surface area contributed by atoms with Gasteiger partial charge >= 0.3 is 0 Å². The first-order chi connectivity index (χ1) is 12.8. The highest BCUT2D eigenvalue weighted by Gasteiger charge is 2.20. The van der Waals surface area contributed by atoms with Crippen LogP contribution in [-0.2, 0) is 0 Å². The number of rotatable bonds is 3. The van der Waals surface area contributed by atoms with E-state index >= 15 is 0 Å². The van der Waals surface area contributed by atoms with E-state index in [1.807, 2.05) is 30.5 Å². The summed E-state index contributed by atoms with van der Waals surface area (Å²) < 4.78 is 1.80. The van der Waals surface area contributed by atoms with E-state index in [2.05, 4.69) is 26.3 Å². The van der Waals surface area contributed by atoms with E-state index in [9.17, 15) is 10.1 Å². The molecule has 1 N–H and O–H groups in total. The van der Waals surface area contributed by atoms with Crippen molar-refractivity contribution in [1.82, 2.24) is 19.4 Å². The number of hydrogen-bond donors (Lipinski definition) is 1. The zero-order valence-electron chi connectivity index (χ0n) is 13.5. The Labute approximate surface area is 148 Å². The third kappa shape index (κ3) is 2.65. The van der Waals surface area contributed by atoms with Gasteiger partial charge in [0.1, 0.15) is 18.0 Å². The van der Waals surface area contributed by atoms with Crippen LogP contribution in [0.4, 0.5) is 5.82 Å². The van der Waals surface area contributed by atoms with Crippen molar-refractivity contribution in [3.8, 4) is 17.5 Å². The van der Waals surface area contributed by atoms with E-state index < -0.39 is 0 Å². The second kappa shape index (κ2) is 6.45. The van der Waals surface area contributed by atoms with Gasteiger partial charge in [0.2, 0.25) is 0 Å². The molecule has 1 amide bonds. The average molecular weight is 340 g/mol. The molecule has 0 saturated heterocycles. The van der Waals surface area contributed by atoms with Crippen LogP contribution in [0.25, 0.3) is 16.9 Å². The lowest BCUT2D eigenvalue weighted by Gasteiger charge is -2.02. The lowest BCUT2D eigenvalue weighted by molar-refractivity contribution is 0.102. The topological polar surface area (TPSA) is 96.0 Å². The number of amides is 1. The van der Waals surface area contributed by atoms with E-state index in [-0.39, 0.29) is 11.6 Å². The van der Waals surface area contributed by atoms with Crippen molar-refractivity contribution in [1.29, 1.82) is 5.26 Å². The number of benzene rings is 1. The Morgan fingerprint density at radius 2 is 1.96 bits per heavy atom. The number of imidazole rings is 1. The van der Waals surface area contributed by atoms with Crippen LogP contribution in [0.1, 0.15) is 16.1 Å². The first-order valence-corrected chi connectivity index (χ1v) is 7.82. The van der Waals surface area contributed by atoms with Crippen molar-refractivity contribution in [2.45, 2.75) is 0 Å². The molecule has 0 aliphatic heterocycles. The predicted molar refractivity (Wildman–Crippen MR) is 95.3 cm³/mol. The summed E-state index contributed by atoms with van der Waals surface area (Å²) in [5.41, 5.74) is 2.05. The molecular weight excluding hydrogens is 328 g/mol. The number of aromatic nitrogens is 4. The number of hydrogen-bond acceptors (Lipinski definition) is 5. The van der Waals surface area contributed by atoms with Gasteiger partial charge in [-0.15, -0.1) is 0 Å². The van der Waals surface area contributed by atoms with Crippen LogP contribution in [-0.4, -0.2) is 25.3 Å². The van der Waals surface area contributed by atoms with Crippen LogP contribution in [0.2, 0.25) is 0 Å². The zero-order valence-corrected chi connectivity index (χ0v) is 13.5. The normalized spacial score (nSPS) is 10.4. The summed E-state index contributed by atoms with van der Waals surface area (Å²) in [5, 5.41) is 12.1. The van der Waals surface area contributed by atoms with Crippen molar-refractivity contribution < 1.29 is 4.79 Å². The molecule has 0 unspecified atom stereocenters. The molecule has 124 valence electrons. The SMILES string of the molecule is N#Cc1ccccc1-c1nc(C(=O)Nc2ccncn2)c2ccccn12. The second-order valence-electron chi connectivity index (χ2n) is 5.45. The van der Waals surface area contributed by atoms with Gasteiger partial charge in [0.25, 0.3) is 5.91 Å². The summed E-state index contributed by atoms with van der Waals surface area (Å²) in [6.45, 7) is 0. The number of nitrogens with one attached hydrogen (secondary N) is 1. The Hall–Kier alpha value is -4.05. The Morgan fingerprint density at radius 1 is 1.12 bits per heavy atom. The number of anilines is 1. The van der Waals surface area contributed by atoms with E-state index in [1.165, 1.54) is 6.33 Å². The van der Waals surface area contributed by atoms with Gasteiger partial charge in [-0.3, -0.25) is 9.20 Å². The third-order valence-electron chi connectivity index (χ3n) is 3.88. The highest BCUT2D eigenvalue weighted by atomic mass is 16.2. The van der Waals surface area contributed by atoms with Crippen LogP contribution in [0.3, 0.4) is 0 Å². The van der Waals surface area contributed by atoms with Gasteiger partial charge in [-0.05, 0) is 30.3 Å². The quantitative estimate of drug-likeness (QED) is 0.618. The Bertz CT molecular complexity index is 1140. The number of carbonyl (C=O) groups is 1. The fourth-order valence-corrected chi connectivity index (χ4v) is 2.71. The number of nitriles is 1. The Kier molecular flexibility index (Phi) is 3.84. The molecule has 3 aromatic heterocycles. The van der Waals surface area contributed by atoms with Gasteiger partial charge in [0.05, 0.1) is 17.1 Å². The van der Waals surface area contributed by atoms with Crippen LogP contribution in [0.15, 0.2) is 67.3 Å². The number of carbonyl (C=O) groups excluding carboxylic acids is 1. The Balaban J connectivity index is 1.85. The molecule has 0 saturated carbocycles. The third-order valence-corrected chi connectivity index (χ3v) is 3.88. The highest BCUT2D eigenvalue weighted by Crippen LogP contribution is 2.26. The first-order valence-electron chi connectivity index (χ1n) is 7.82. The van der Waals surface area contributed by atoms with Gasteiger partial charge in [-0.1, -0.05) is 18.2 Å². The van der Waals surface area contributed by atoms with E-state index in [4.69, 9.17) is 0 Å². The number of fused-ring (bicyclic) bond motifs is 1. The summed E-state index contributed by atoms with van der Waals surface area (Å²) in [4.78, 5) is 25.1. The monoisotopic (exact) mass is 340 g/mol. The van der Waals surface area contributed by atoms with Gasteiger partial charge in [-0.25, -0.2) is 15.0 Å². The highest BCUT2D eigenvalue weighted by molar-refractivity contribution is 6.07. The lowest BCUT2D eigenvalue weighted by Crippen LogP contribution is -2.13. The molecule has 0 aliphatic carbocycles. The van der Waals surface area contributed by atoms with Crippen LogP contribution < -0.4 is 5.32 Å². The molecule has 4 rings (SSSR count). The average Bonchev–Trinajstić information content (AvgIpc) is 3.08. The maximum Gasteiger partial charge on any atom is 0.277 e. The molecule has 0 spiro atoms. The number of pyridine rings is 1. The fourth-order valence-electron chi connectivity index (χ4n) is 2.71. The lowest BCUT2D eigenvalue weighted by atomic mass is 10.1. The van der Waals surface area contributed by atoms with E-state index in [0.29, 0.717) is 28.3 Å². The molecule has 0 aliphatic rings. The standard InChI is InChI=1S/C19H12N6O/c20-11-13-5-1-2-6-14(13)18-24-17(15-7-3-4-10-25(15)18)19(26)23-16-8-9-21-12-22-16/h1-10,12H,(H,21,22,23,26). The van der Waals surface area contributed by atoms with Crippen molar-refractivity contribution >= 4 is 17.2 Å². The fraction of sp³-hybridized carbons (Fsp3) is 0. The molecule has 7 nitrogen and oxygen atoms in total. The molecule has 26 heavy (non-hydrogen) atoms. The van der Waals surface area contributed by atoms with E-state index in [0.717, 1.165) is 0 Å². The smallest absolute Gasteiger partial charge is 0.277 e. The van der Waals surface area contributed by atoms with Crippen molar-refractivity contribution in [2.75, 3.05) is 5.32 Å². The molecule has 1 aromatic carbocycles. The largest absolute Gasteiger partial charge is 0.305 e. The molecule has 7 heteroatoms. The van der Waals surface area contributed by atoms with Crippen LogP contribution in [0, 0.1) is 11.3 Å². The van der Waals surface area contributed by atoms with Gasteiger partial charge < -0.3 is 5.32 Å². The minimum atomic E-state index is -0.381. The van der Waals surface area contributed by atoms with Crippen molar-refractivity contribution in [3.63, 3.8) is 0 Å². The second-order valence-corrected chi connectivity index (χ2v) is 5.45. The van der Waals surface area contributed by atoms with Crippen molar-refractivity contribution in [3.05, 3.63) is 78.5 Å². The molecule has 0 atom stereocenters. The summed E-state index contributed by atoms with van der Waals surface area (Å²) in [6.07, 6.45) is 4.71.